The van der Waals surface area contributed by atoms with Crippen LogP contribution in [0, 0.1) is 0 Å². The van der Waals surface area contributed by atoms with Crippen molar-refractivity contribution in [2.75, 3.05) is 24.4 Å². The lowest BCUT2D eigenvalue weighted by Gasteiger charge is -2.15. The smallest absolute Gasteiger partial charge is 0.152 e. The average molecular weight is 309 g/mol. The van der Waals surface area contributed by atoms with Crippen LogP contribution in [0.15, 0.2) is 47.6 Å². The van der Waals surface area contributed by atoms with Crippen molar-refractivity contribution in [3.05, 3.63) is 53.9 Å². The van der Waals surface area contributed by atoms with E-state index in [4.69, 9.17) is 0 Å². The lowest BCUT2D eigenvalue weighted by molar-refractivity contribution is 0.771. The van der Waals surface area contributed by atoms with Gasteiger partial charge in [-0.05, 0) is 11.6 Å². The Bertz CT molecular complexity index is 649. The van der Waals surface area contributed by atoms with Crippen LogP contribution < -0.4 is 10.3 Å². The lowest BCUT2D eigenvalue weighted by atomic mass is 10.2. The standard InChI is InChI=1S/C18H23N5/c1-14(2)18-20-16(13-17(21-18)23(3)4)22-19-12-8-11-15-9-6-5-7-10-15/h5-14H,1-4H3,(H,20,21,22). The molecular formula is C18H23N5. The van der Waals surface area contributed by atoms with Gasteiger partial charge in [0.05, 0.1) is 0 Å². The Hall–Kier alpha value is -2.69. The Balaban J connectivity index is 2.04. The molecule has 0 atom stereocenters. The van der Waals surface area contributed by atoms with Crippen LogP contribution in [-0.4, -0.2) is 30.3 Å². The summed E-state index contributed by atoms with van der Waals surface area (Å²) < 4.78 is 0. The Morgan fingerprint density at radius 2 is 1.87 bits per heavy atom. The molecule has 1 N–H and O–H groups in total. The molecule has 120 valence electrons. The van der Waals surface area contributed by atoms with Crippen LogP contribution in [0.5, 0.6) is 0 Å². The van der Waals surface area contributed by atoms with Gasteiger partial charge in [-0.25, -0.2) is 9.97 Å². The minimum atomic E-state index is 0.261. The van der Waals surface area contributed by atoms with Crippen molar-refractivity contribution in [2.24, 2.45) is 5.10 Å². The molecular weight excluding hydrogens is 286 g/mol. The first kappa shape index (κ1) is 16.7. The zero-order valence-electron chi connectivity index (χ0n) is 14.1. The molecule has 5 heteroatoms. The van der Waals surface area contributed by atoms with Crippen molar-refractivity contribution >= 4 is 23.9 Å². The second-order valence-electron chi connectivity index (χ2n) is 5.68. The predicted molar refractivity (Wildman–Crippen MR) is 98.0 cm³/mol. The van der Waals surface area contributed by atoms with E-state index in [0.717, 1.165) is 17.2 Å². The maximum absolute atomic E-state index is 4.53. The topological polar surface area (TPSA) is 53.4 Å². The third-order valence-electron chi connectivity index (χ3n) is 3.13. The number of rotatable bonds is 6. The summed E-state index contributed by atoms with van der Waals surface area (Å²) in [7, 11) is 3.92. The van der Waals surface area contributed by atoms with Crippen molar-refractivity contribution in [3.63, 3.8) is 0 Å². The van der Waals surface area contributed by atoms with Gasteiger partial charge in [0.25, 0.3) is 0 Å². The highest BCUT2D eigenvalue weighted by Crippen LogP contribution is 2.18. The molecule has 0 bridgehead atoms. The Morgan fingerprint density at radius 3 is 2.52 bits per heavy atom. The number of hydrogen-bond acceptors (Lipinski definition) is 5. The maximum atomic E-state index is 4.53. The maximum Gasteiger partial charge on any atom is 0.152 e. The largest absolute Gasteiger partial charge is 0.363 e. The molecule has 0 radical (unpaired) electrons. The van der Waals surface area contributed by atoms with Gasteiger partial charge in [-0.3, -0.25) is 5.43 Å². The zero-order valence-corrected chi connectivity index (χ0v) is 14.1. The third kappa shape index (κ3) is 5.21. The van der Waals surface area contributed by atoms with Crippen LogP contribution in [0.2, 0.25) is 0 Å². The summed E-state index contributed by atoms with van der Waals surface area (Å²) in [6.07, 6.45) is 5.59. The fourth-order valence-corrected chi connectivity index (χ4v) is 1.86. The number of benzene rings is 1. The molecule has 0 saturated carbocycles. The second-order valence-corrected chi connectivity index (χ2v) is 5.68. The predicted octanol–water partition coefficient (Wildman–Crippen LogP) is 3.78. The summed E-state index contributed by atoms with van der Waals surface area (Å²) in [4.78, 5) is 11.0. The second kappa shape index (κ2) is 8.08. The minimum Gasteiger partial charge on any atom is -0.363 e. The molecule has 0 unspecified atom stereocenters. The summed E-state index contributed by atoms with van der Waals surface area (Å²) in [5, 5.41) is 4.19. The quantitative estimate of drug-likeness (QED) is 0.652. The highest BCUT2D eigenvalue weighted by molar-refractivity contribution is 5.78. The van der Waals surface area contributed by atoms with Gasteiger partial charge in [-0.1, -0.05) is 50.3 Å². The van der Waals surface area contributed by atoms with Crippen molar-refractivity contribution in [1.29, 1.82) is 0 Å². The average Bonchev–Trinajstić information content (AvgIpc) is 2.55. The van der Waals surface area contributed by atoms with Crippen LogP contribution in [0.3, 0.4) is 0 Å². The molecule has 0 aliphatic heterocycles. The van der Waals surface area contributed by atoms with Gasteiger partial charge < -0.3 is 4.90 Å². The van der Waals surface area contributed by atoms with E-state index in [1.165, 1.54) is 0 Å². The van der Waals surface area contributed by atoms with E-state index in [1.54, 1.807) is 6.21 Å². The monoisotopic (exact) mass is 309 g/mol. The van der Waals surface area contributed by atoms with E-state index in [-0.39, 0.29) is 5.92 Å². The van der Waals surface area contributed by atoms with E-state index < -0.39 is 0 Å². The lowest BCUT2D eigenvalue weighted by Crippen LogP contribution is -2.13. The molecule has 5 nitrogen and oxygen atoms in total. The summed E-state index contributed by atoms with van der Waals surface area (Å²) in [6, 6.07) is 12.0. The van der Waals surface area contributed by atoms with E-state index in [1.807, 2.05) is 67.5 Å². The molecule has 0 fully saturated rings. The molecule has 23 heavy (non-hydrogen) atoms. The van der Waals surface area contributed by atoms with Gasteiger partial charge >= 0.3 is 0 Å². The van der Waals surface area contributed by atoms with Crippen molar-refractivity contribution in [3.8, 4) is 0 Å². The van der Waals surface area contributed by atoms with Crippen molar-refractivity contribution in [2.45, 2.75) is 19.8 Å². The number of anilines is 2. The van der Waals surface area contributed by atoms with Gasteiger partial charge in [0, 0.05) is 32.3 Å². The van der Waals surface area contributed by atoms with Crippen molar-refractivity contribution in [1.82, 2.24) is 9.97 Å². The van der Waals surface area contributed by atoms with E-state index in [0.29, 0.717) is 5.82 Å². The van der Waals surface area contributed by atoms with Crippen LogP contribution >= 0.6 is 0 Å². The molecule has 0 aliphatic carbocycles. The molecule has 0 spiro atoms. The number of hydrogen-bond donors (Lipinski definition) is 1. The summed E-state index contributed by atoms with van der Waals surface area (Å²) in [6.45, 7) is 4.15. The molecule has 2 rings (SSSR count). The molecule has 0 aliphatic rings. The molecule has 1 aromatic heterocycles. The fourth-order valence-electron chi connectivity index (χ4n) is 1.86. The van der Waals surface area contributed by atoms with Crippen LogP contribution in [-0.2, 0) is 0 Å². The third-order valence-corrected chi connectivity index (χ3v) is 3.13. The Morgan fingerprint density at radius 1 is 1.13 bits per heavy atom. The first-order valence-corrected chi connectivity index (χ1v) is 7.63. The number of nitrogens with one attached hydrogen (secondary N) is 1. The molecule has 1 heterocycles. The van der Waals surface area contributed by atoms with Gasteiger partial charge in [-0.15, -0.1) is 0 Å². The highest BCUT2D eigenvalue weighted by Gasteiger charge is 2.08. The number of allylic oxidation sites excluding steroid dienone is 1. The number of nitrogens with zero attached hydrogens (tertiary/aromatic N) is 4. The first-order chi connectivity index (χ1) is 11.1. The zero-order chi connectivity index (χ0) is 16.7. The van der Waals surface area contributed by atoms with Crippen LogP contribution in [0.1, 0.15) is 31.2 Å². The van der Waals surface area contributed by atoms with Gasteiger partial charge in [-0.2, -0.15) is 5.10 Å². The minimum absolute atomic E-state index is 0.261. The fraction of sp³-hybridized carbons (Fsp3) is 0.278. The van der Waals surface area contributed by atoms with Gasteiger partial charge in [0.1, 0.15) is 11.6 Å². The molecule has 2 aromatic rings. The molecule has 0 saturated heterocycles. The van der Waals surface area contributed by atoms with Gasteiger partial charge in [0.15, 0.2) is 5.82 Å². The highest BCUT2D eigenvalue weighted by atomic mass is 15.3. The summed E-state index contributed by atoms with van der Waals surface area (Å²) in [5.74, 6) is 2.61. The van der Waals surface area contributed by atoms with Gasteiger partial charge in [0.2, 0.25) is 0 Å². The number of hydrazone groups is 1. The Kier molecular flexibility index (Phi) is 5.86. The van der Waals surface area contributed by atoms with Crippen molar-refractivity contribution < 1.29 is 0 Å². The molecule has 0 amide bonds. The Labute approximate surface area is 137 Å². The normalized spacial score (nSPS) is 11.5. The van der Waals surface area contributed by atoms with Crippen LogP contribution in [0.4, 0.5) is 11.6 Å². The SMILES string of the molecule is CC(C)c1nc(NN=CC=Cc2ccccc2)cc(N(C)C)n1. The summed E-state index contributed by atoms with van der Waals surface area (Å²) in [5.41, 5.74) is 4.10. The summed E-state index contributed by atoms with van der Waals surface area (Å²) >= 11 is 0. The first-order valence-electron chi connectivity index (χ1n) is 7.63. The molecule has 1 aromatic carbocycles. The van der Waals surface area contributed by atoms with E-state index >= 15 is 0 Å². The van der Waals surface area contributed by atoms with E-state index in [2.05, 4.69) is 34.3 Å². The van der Waals surface area contributed by atoms with E-state index in [9.17, 15) is 0 Å². The number of aromatic nitrogens is 2. The van der Waals surface area contributed by atoms with Crippen LogP contribution in [0.25, 0.3) is 6.08 Å².